The van der Waals surface area contributed by atoms with Crippen molar-refractivity contribution >= 4 is 5.91 Å². The first kappa shape index (κ1) is 17.9. The molecule has 0 bridgehead atoms. The molecule has 2 aromatic rings. The van der Waals surface area contributed by atoms with Crippen LogP contribution in [0.3, 0.4) is 0 Å². The number of amides is 1. The smallest absolute Gasteiger partial charge is 0.251 e. The maximum absolute atomic E-state index is 12.3. The fraction of sp³-hybridized carbons (Fsp3) is 0.350. The number of nitrogens with one attached hydrogen (secondary N) is 1. The zero-order valence-electron chi connectivity index (χ0n) is 14.7. The minimum atomic E-state index is -0.107. The van der Waals surface area contributed by atoms with Crippen LogP contribution in [0.15, 0.2) is 48.5 Å². The van der Waals surface area contributed by atoms with Crippen LogP contribution in [0.5, 0.6) is 11.5 Å². The van der Waals surface area contributed by atoms with E-state index in [1.807, 2.05) is 37.3 Å². The SMILES string of the molecule is COc1cc(C(=O)N[C@@H](C)C(C)C)ccc1OCc1ccccc1. The van der Waals surface area contributed by atoms with E-state index in [0.717, 1.165) is 5.56 Å². The molecule has 0 unspecified atom stereocenters. The predicted octanol–water partition coefficient (Wildman–Crippen LogP) is 4.05. The van der Waals surface area contributed by atoms with Gasteiger partial charge >= 0.3 is 0 Å². The van der Waals surface area contributed by atoms with Crippen molar-refractivity contribution < 1.29 is 14.3 Å². The molecule has 0 heterocycles. The van der Waals surface area contributed by atoms with E-state index in [-0.39, 0.29) is 11.9 Å². The highest BCUT2D eigenvalue weighted by molar-refractivity contribution is 5.95. The normalized spacial score (nSPS) is 11.9. The van der Waals surface area contributed by atoms with Crippen LogP contribution >= 0.6 is 0 Å². The molecule has 0 aliphatic carbocycles. The maximum atomic E-state index is 12.3. The Morgan fingerprint density at radius 2 is 1.75 bits per heavy atom. The molecular formula is C20H25NO3. The second-order valence-electron chi connectivity index (χ2n) is 6.15. The van der Waals surface area contributed by atoms with Crippen LogP contribution in [0.4, 0.5) is 0 Å². The summed E-state index contributed by atoms with van der Waals surface area (Å²) in [4.78, 5) is 12.3. The monoisotopic (exact) mass is 327 g/mol. The van der Waals surface area contributed by atoms with Crippen LogP contribution < -0.4 is 14.8 Å². The molecule has 2 aromatic carbocycles. The van der Waals surface area contributed by atoms with Gasteiger partial charge < -0.3 is 14.8 Å². The molecule has 2 rings (SSSR count). The Kier molecular flexibility index (Phi) is 6.24. The number of carbonyl (C=O) groups excluding carboxylic acids is 1. The summed E-state index contributed by atoms with van der Waals surface area (Å²) >= 11 is 0. The summed E-state index contributed by atoms with van der Waals surface area (Å²) in [6.45, 7) is 6.60. The number of ether oxygens (including phenoxy) is 2. The van der Waals surface area contributed by atoms with Gasteiger partial charge in [0.05, 0.1) is 7.11 Å². The van der Waals surface area contributed by atoms with Gasteiger partial charge in [0, 0.05) is 11.6 Å². The van der Waals surface area contributed by atoms with Gasteiger partial charge in [0.15, 0.2) is 11.5 Å². The third-order valence-electron chi connectivity index (χ3n) is 4.02. The van der Waals surface area contributed by atoms with Crippen molar-refractivity contribution in [1.29, 1.82) is 0 Å². The van der Waals surface area contributed by atoms with Crippen LogP contribution in [0.1, 0.15) is 36.7 Å². The van der Waals surface area contributed by atoms with Crippen molar-refractivity contribution in [3.05, 3.63) is 59.7 Å². The van der Waals surface area contributed by atoms with Gasteiger partial charge in [-0.2, -0.15) is 0 Å². The molecule has 0 saturated carbocycles. The first-order valence-electron chi connectivity index (χ1n) is 8.17. The molecular weight excluding hydrogens is 302 g/mol. The lowest BCUT2D eigenvalue weighted by Gasteiger charge is -2.18. The Balaban J connectivity index is 2.08. The van der Waals surface area contributed by atoms with E-state index in [9.17, 15) is 4.79 Å². The number of hydrogen-bond donors (Lipinski definition) is 1. The molecule has 24 heavy (non-hydrogen) atoms. The molecule has 0 saturated heterocycles. The van der Waals surface area contributed by atoms with Crippen LogP contribution in [0, 0.1) is 5.92 Å². The van der Waals surface area contributed by atoms with Gasteiger partial charge in [0.1, 0.15) is 6.61 Å². The Hall–Kier alpha value is -2.49. The summed E-state index contributed by atoms with van der Waals surface area (Å²) in [6, 6.07) is 15.3. The van der Waals surface area contributed by atoms with E-state index in [0.29, 0.717) is 29.6 Å². The van der Waals surface area contributed by atoms with Crippen LogP contribution in [-0.4, -0.2) is 19.1 Å². The Morgan fingerprint density at radius 1 is 1.04 bits per heavy atom. The van der Waals surface area contributed by atoms with E-state index < -0.39 is 0 Å². The van der Waals surface area contributed by atoms with Crippen LogP contribution in [0.2, 0.25) is 0 Å². The van der Waals surface area contributed by atoms with Crippen molar-refractivity contribution in [3.8, 4) is 11.5 Å². The Morgan fingerprint density at radius 3 is 2.38 bits per heavy atom. The lowest BCUT2D eigenvalue weighted by Crippen LogP contribution is -2.36. The van der Waals surface area contributed by atoms with E-state index in [2.05, 4.69) is 19.2 Å². The molecule has 0 aliphatic rings. The van der Waals surface area contributed by atoms with Crippen molar-refractivity contribution in [2.75, 3.05) is 7.11 Å². The molecule has 0 radical (unpaired) electrons. The zero-order chi connectivity index (χ0) is 17.5. The maximum Gasteiger partial charge on any atom is 0.251 e. The lowest BCUT2D eigenvalue weighted by atomic mass is 10.1. The molecule has 0 spiro atoms. The molecule has 1 N–H and O–H groups in total. The fourth-order valence-electron chi connectivity index (χ4n) is 2.12. The topological polar surface area (TPSA) is 47.6 Å². The number of rotatable bonds is 7. The molecule has 4 nitrogen and oxygen atoms in total. The summed E-state index contributed by atoms with van der Waals surface area (Å²) < 4.78 is 11.2. The third kappa shape index (κ3) is 4.75. The minimum Gasteiger partial charge on any atom is -0.493 e. The molecule has 4 heteroatoms. The number of hydrogen-bond acceptors (Lipinski definition) is 3. The van der Waals surface area contributed by atoms with Crippen molar-refractivity contribution in [2.45, 2.75) is 33.4 Å². The van der Waals surface area contributed by atoms with E-state index >= 15 is 0 Å². The first-order chi connectivity index (χ1) is 11.5. The van der Waals surface area contributed by atoms with Crippen molar-refractivity contribution in [2.24, 2.45) is 5.92 Å². The Bertz CT molecular complexity index is 668. The largest absolute Gasteiger partial charge is 0.493 e. The predicted molar refractivity (Wildman–Crippen MR) is 95.5 cm³/mol. The van der Waals surface area contributed by atoms with Crippen LogP contribution in [-0.2, 0) is 6.61 Å². The standard InChI is InChI=1S/C20H25NO3/c1-14(2)15(3)21-20(22)17-10-11-18(19(12-17)23-4)24-13-16-8-6-5-7-9-16/h5-12,14-15H,13H2,1-4H3,(H,21,22)/t15-/m0/s1. The number of carbonyl (C=O) groups is 1. The first-order valence-corrected chi connectivity index (χ1v) is 8.17. The zero-order valence-corrected chi connectivity index (χ0v) is 14.7. The van der Waals surface area contributed by atoms with Gasteiger partial charge in [-0.1, -0.05) is 44.2 Å². The van der Waals surface area contributed by atoms with Gasteiger partial charge in [-0.25, -0.2) is 0 Å². The van der Waals surface area contributed by atoms with E-state index in [1.54, 1.807) is 25.3 Å². The molecule has 128 valence electrons. The highest BCUT2D eigenvalue weighted by Gasteiger charge is 2.15. The van der Waals surface area contributed by atoms with Gasteiger partial charge in [-0.05, 0) is 36.6 Å². The molecule has 1 atom stereocenters. The van der Waals surface area contributed by atoms with Crippen LogP contribution in [0.25, 0.3) is 0 Å². The highest BCUT2D eigenvalue weighted by Crippen LogP contribution is 2.29. The summed E-state index contributed by atoms with van der Waals surface area (Å²) in [6.07, 6.45) is 0. The second-order valence-corrected chi connectivity index (χ2v) is 6.15. The average Bonchev–Trinajstić information content (AvgIpc) is 2.60. The average molecular weight is 327 g/mol. The fourth-order valence-corrected chi connectivity index (χ4v) is 2.12. The van der Waals surface area contributed by atoms with Gasteiger partial charge in [0.25, 0.3) is 5.91 Å². The lowest BCUT2D eigenvalue weighted by molar-refractivity contribution is 0.0930. The van der Waals surface area contributed by atoms with E-state index in [1.165, 1.54) is 0 Å². The molecule has 0 aliphatic heterocycles. The number of methoxy groups -OCH3 is 1. The summed E-state index contributed by atoms with van der Waals surface area (Å²) in [5, 5.41) is 2.99. The van der Waals surface area contributed by atoms with Gasteiger partial charge in [-0.3, -0.25) is 4.79 Å². The van der Waals surface area contributed by atoms with Gasteiger partial charge in [0.2, 0.25) is 0 Å². The second kappa shape index (κ2) is 8.39. The van der Waals surface area contributed by atoms with Crippen molar-refractivity contribution in [1.82, 2.24) is 5.32 Å². The highest BCUT2D eigenvalue weighted by atomic mass is 16.5. The summed E-state index contributed by atoms with van der Waals surface area (Å²) in [5.41, 5.74) is 1.64. The Labute approximate surface area is 143 Å². The summed E-state index contributed by atoms with van der Waals surface area (Å²) in [7, 11) is 1.57. The van der Waals surface area contributed by atoms with Gasteiger partial charge in [-0.15, -0.1) is 0 Å². The summed E-state index contributed by atoms with van der Waals surface area (Å²) in [5.74, 6) is 1.44. The minimum absolute atomic E-state index is 0.107. The third-order valence-corrected chi connectivity index (χ3v) is 4.02. The number of benzene rings is 2. The molecule has 1 amide bonds. The molecule has 0 aromatic heterocycles. The van der Waals surface area contributed by atoms with Crippen molar-refractivity contribution in [3.63, 3.8) is 0 Å². The van der Waals surface area contributed by atoms with E-state index in [4.69, 9.17) is 9.47 Å². The molecule has 0 fully saturated rings. The quantitative estimate of drug-likeness (QED) is 0.834.